The maximum absolute atomic E-state index is 6.55. The second-order valence-corrected chi connectivity index (χ2v) is 6.66. The first kappa shape index (κ1) is 16.1. The summed E-state index contributed by atoms with van der Waals surface area (Å²) in [6.07, 6.45) is 4.42. The molecule has 3 atom stereocenters. The van der Waals surface area contributed by atoms with Crippen LogP contribution in [0.2, 0.25) is 10.0 Å². The van der Waals surface area contributed by atoms with Crippen LogP contribution >= 0.6 is 23.2 Å². The highest BCUT2D eigenvalue weighted by molar-refractivity contribution is 6.42. The van der Waals surface area contributed by atoms with E-state index in [0.29, 0.717) is 22.6 Å². The van der Waals surface area contributed by atoms with Gasteiger partial charge in [-0.15, -0.1) is 0 Å². The molecule has 1 saturated carbocycles. The lowest BCUT2D eigenvalue weighted by Crippen LogP contribution is -2.47. The molecule has 20 heavy (non-hydrogen) atoms. The molecule has 1 aliphatic rings. The fraction of sp³-hybridized carbons (Fsp3) is 0.625. The number of halogens is 2. The molecule has 0 saturated heterocycles. The zero-order chi connectivity index (χ0) is 14.8. The van der Waals surface area contributed by atoms with Crippen molar-refractivity contribution in [3.05, 3.63) is 33.8 Å². The molecule has 0 aliphatic heterocycles. The largest absolute Gasteiger partial charge is 0.373 e. The first-order valence-electron chi connectivity index (χ1n) is 7.33. The molecule has 4 heteroatoms. The average Bonchev–Trinajstić information content (AvgIpc) is 2.41. The van der Waals surface area contributed by atoms with Gasteiger partial charge < -0.3 is 10.5 Å². The van der Waals surface area contributed by atoms with Gasteiger partial charge in [0.25, 0.3) is 0 Å². The third-order valence-corrected chi connectivity index (χ3v) is 5.03. The number of rotatable bonds is 4. The van der Waals surface area contributed by atoms with Crippen LogP contribution in [0.15, 0.2) is 18.2 Å². The average molecular weight is 316 g/mol. The van der Waals surface area contributed by atoms with Gasteiger partial charge in [-0.1, -0.05) is 49.0 Å². The van der Waals surface area contributed by atoms with E-state index in [1.54, 1.807) is 0 Å². The Hall–Kier alpha value is -0.280. The summed E-state index contributed by atoms with van der Waals surface area (Å²) in [4.78, 5) is 0. The monoisotopic (exact) mass is 315 g/mol. The van der Waals surface area contributed by atoms with E-state index in [9.17, 15) is 0 Å². The third kappa shape index (κ3) is 3.30. The van der Waals surface area contributed by atoms with Crippen LogP contribution in [-0.4, -0.2) is 12.2 Å². The van der Waals surface area contributed by atoms with Gasteiger partial charge in [0.1, 0.15) is 0 Å². The molecule has 1 aromatic rings. The maximum atomic E-state index is 6.55. The Morgan fingerprint density at radius 1 is 1.40 bits per heavy atom. The Morgan fingerprint density at radius 2 is 2.15 bits per heavy atom. The lowest BCUT2D eigenvalue weighted by Gasteiger charge is -2.44. The maximum Gasteiger partial charge on any atom is 0.0876 e. The minimum atomic E-state index is -0.274. The molecular weight excluding hydrogens is 293 g/mol. The Morgan fingerprint density at radius 3 is 2.75 bits per heavy atom. The fourth-order valence-corrected chi connectivity index (χ4v) is 3.65. The van der Waals surface area contributed by atoms with Crippen molar-refractivity contribution in [2.75, 3.05) is 6.61 Å². The Balaban J connectivity index is 2.30. The molecule has 3 unspecified atom stereocenters. The molecule has 2 rings (SSSR count). The topological polar surface area (TPSA) is 35.2 Å². The molecule has 2 N–H and O–H groups in total. The molecular formula is C16H23Cl2NO. The van der Waals surface area contributed by atoms with Gasteiger partial charge in [-0.05, 0) is 43.4 Å². The predicted octanol–water partition coefficient (Wildman–Crippen LogP) is 4.98. The number of hydrogen-bond acceptors (Lipinski definition) is 2. The molecule has 0 heterocycles. The molecule has 0 radical (unpaired) electrons. The highest BCUT2D eigenvalue weighted by Crippen LogP contribution is 2.43. The quantitative estimate of drug-likeness (QED) is 0.850. The van der Waals surface area contributed by atoms with E-state index in [2.05, 4.69) is 6.92 Å². The summed E-state index contributed by atoms with van der Waals surface area (Å²) >= 11 is 12.1. The van der Waals surface area contributed by atoms with Crippen LogP contribution in [0.1, 0.15) is 51.1 Å². The van der Waals surface area contributed by atoms with E-state index in [1.165, 1.54) is 6.42 Å². The van der Waals surface area contributed by atoms with Gasteiger partial charge in [0.15, 0.2) is 0 Å². The highest BCUT2D eigenvalue weighted by Gasteiger charge is 2.41. The standard InChI is InChI=1S/C16H23Cl2NO/c1-3-20-16(8-4-5-11(2)10-16)15(19)12-6-7-13(17)14(18)9-12/h6-7,9,11,15H,3-5,8,10,19H2,1-2H3. The minimum absolute atomic E-state index is 0.167. The summed E-state index contributed by atoms with van der Waals surface area (Å²) < 4.78 is 6.13. The van der Waals surface area contributed by atoms with Crippen LogP contribution in [0.4, 0.5) is 0 Å². The van der Waals surface area contributed by atoms with Gasteiger partial charge in [-0.2, -0.15) is 0 Å². The zero-order valence-electron chi connectivity index (χ0n) is 12.2. The summed E-state index contributed by atoms with van der Waals surface area (Å²) in [5.74, 6) is 0.643. The van der Waals surface area contributed by atoms with Crippen molar-refractivity contribution in [2.24, 2.45) is 11.7 Å². The Kier molecular flexibility index (Phi) is 5.36. The van der Waals surface area contributed by atoms with Crippen molar-refractivity contribution < 1.29 is 4.74 Å². The second-order valence-electron chi connectivity index (χ2n) is 5.85. The third-order valence-electron chi connectivity index (χ3n) is 4.29. The Labute approximate surface area is 131 Å². The first-order chi connectivity index (χ1) is 9.48. The van der Waals surface area contributed by atoms with Crippen LogP contribution < -0.4 is 5.73 Å². The normalized spacial score (nSPS) is 28.4. The number of benzene rings is 1. The van der Waals surface area contributed by atoms with Crippen molar-refractivity contribution in [3.8, 4) is 0 Å². The van der Waals surface area contributed by atoms with E-state index in [0.717, 1.165) is 24.8 Å². The smallest absolute Gasteiger partial charge is 0.0876 e. The van der Waals surface area contributed by atoms with Crippen LogP contribution in [0.3, 0.4) is 0 Å². The summed E-state index contributed by atoms with van der Waals surface area (Å²) in [6.45, 7) is 4.98. The van der Waals surface area contributed by atoms with Gasteiger partial charge in [0.2, 0.25) is 0 Å². The van der Waals surface area contributed by atoms with Gasteiger partial charge in [0.05, 0.1) is 21.7 Å². The SMILES string of the molecule is CCOC1(C(N)c2ccc(Cl)c(Cl)c2)CCCC(C)C1. The second kappa shape index (κ2) is 6.65. The van der Waals surface area contributed by atoms with Gasteiger partial charge in [-0.3, -0.25) is 0 Å². The lowest BCUT2D eigenvalue weighted by atomic mass is 9.73. The van der Waals surface area contributed by atoms with Crippen molar-refractivity contribution in [3.63, 3.8) is 0 Å². The van der Waals surface area contributed by atoms with Crippen LogP contribution in [0, 0.1) is 5.92 Å². The Bertz CT molecular complexity index is 462. The van der Waals surface area contributed by atoms with Crippen molar-refractivity contribution in [1.29, 1.82) is 0 Å². The molecule has 0 spiro atoms. The van der Waals surface area contributed by atoms with Gasteiger partial charge in [-0.25, -0.2) is 0 Å². The van der Waals surface area contributed by atoms with Crippen molar-refractivity contribution >= 4 is 23.2 Å². The van der Waals surface area contributed by atoms with Crippen LogP contribution in [-0.2, 0) is 4.74 Å². The molecule has 112 valence electrons. The fourth-order valence-electron chi connectivity index (χ4n) is 3.34. The van der Waals surface area contributed by atoms with E-state index >= 15 is 0 Å². The summed E-state index contributed by atoms with van der Waals surface area (Å²) in [5.41, 5.74) is 7.27. The molecule has 0 bridgehead atoms. The summed E-state index contributed by atoms with van der Waals surface area (Å²) in [5, 5.41) is 1.11. The molecule has 1 aliphatic carbocycles. The molecule has 2 nitrogen and oxygen atoms in total. The number of nitrogens with two attached hydrogens (primary N) is 1. The van der Waals surface area contributed by atoms with Crippen LogP contribution in [0.5, 0.6) is 0 Å². The summed E-state index contributed by atoms with van der Waals surface area (Å²) in [6, 6.07) is 5.47. The number of hydrogen-bond donors (Lipinski definition) is 1. The lowest BCUT2D eigenvalue weighted by molar-refractivity contribution is -0.0938. The van der Waals surface area contributed by atoms with Crippen LogP contribution in [0.25, 0.3) is 0 Å². The predicted molar refractivity (Wildman–Crippen MR) is 85.4 cm³/mol. The molecule has 0 amide bonds. The van der Waals surface area contributed by atoms with Gasteiger partial charge in [0, 0.05) is 6.61 Å². The minimum Gasteiger partial charge on any atom is -0.373 e. The number of ether oxygens (including phenoxy) is 1. The highest BCUT2D eigenvalue weighted by atomic mass is 35.5. The van der Waals surface area contributed by atoms with Crippen molar-refractivity contribution in [1.82, 2.24) is 0 Å². The van der Waals surface area contributed by atoms with E-state index in [-0.39, 0.29) is 11.6 Å². The summed E-state index contributed by atoms with van der Waals surface area (Å²) in [7, 11) is 0. The zero-order valence-corrected chi connectivity index (χ0v) is 13.7. The molecule has 1 aromatic carbocycles. The molecule has 1 fully saturated rings. The van der Waals surface area contributed by atoms with E-state index in [4.69, 9.17) is 33.7 Å². The van der Waals surface area contributed by atoms with E-state index in [1.807, 2.05) is 25.1 Å². The van der Waals surface area contributed by atoms with Crippen molar-refractivity contribution in [2.45, 2.75) is 51.2 Å². The molecule has 0 aromatic heterocycles. The van der Waals surface area contributed by atoms with Gasteiger partial charge >= 0.3 is 0 Å². The first-order valence-corrected chi connectivity index (χ1v) is 8.08. The van der Waals surface area contributed by atoms with E-state index < -0.39 is 0 Å².